The molecule has 3 rings (SSSR count). The van der Waals surface area contributed by atoms with Gasteiger partial charge in [0, 0.05) is 30.1 Å². The summed E-state index contributed by atoms with van der Waals surface area (Å²) < 4.78 is 0. The molecule has 0 fully saturated rings. The monoisotopic (exact) mass is 259 g/mol. The van der Waals surface area contributed by atoms with Crippen LogP contribution in [0, 0.1) is 0 Å². The highest BCUT2D eigenvalue weighted by Crippen LogP contribution is 2.28. The summed E-state index contributed by atoms with van der Waals surface area (Å²) in [5.74, 6) is 0. The molecule has 0 spiro atoms. The fourth-order valence-corrected chi connectivity index (χ4v) is 3.04. The fraction of sp³-hybridized carbons (Fsp3) is 0.357. The second kappa shape index (κ2) is 4.71. The summed E-state index contributed by atoms with van der Waals surface area (Å²) in [6.45, 7) is 6.22. The van der Waals surface area contributed by atoms with Crippen LogP contribution in [0.25, 0.3) is 11.3 Å². The van der Waals surface area contributed by atoms with E-state index in [0.29, 0.717) is 6.04 Å². The van der Waals surface area contributed by atoms with E-state index in [2.05, 4.69) is 53.0 Å². The summed E-state index contributed by atoms with van der Waals surface area (Å²) in [5, 5.41) is 9.83. The Bertz CT molecular complexity index is 560. The number of rotatable bonds is 3. The Balaban J connectivity index is 1.88. The maximum absolute atomic E-state index is 4.63. The van der Waals surface area contributed by atoms with Crippen molar-refractivity contribution in [2.24, 2.45) is 0 Å². The topological polar surface area (TPSA) is 37.0 Å². The molecule has 2 N–H and O–H groups in total. The van der Waals surface area contributed by atoms with Gasteiger partial charge in [-0.2, -0.15) is 0 Å². The first-order valence-electron chi connectivity index (χ1n) is 6.27. The van der Waals surface area contributed by atoms with Crippen molar-refractivity contribution in [1.82, 2.24) is 10.3 Å². The molecule has 2 heterocycles. The zero-order valence-corrected chi connectivity index (χ0v) is 11.5. The van der Waals surface area contributed by atoms with E-state index in [1.165, 1.54) is 16.7 Å². The number of thiazole rings is 1. The Kier molecular flexibility index (Phi) is 3.06. The molecule has 3 nitrogen and oxygen atoms in total. The average Bonchev–Trinajstić information content (AvgIpc) is 2.95. The van der Waals surface area contributed by atoms with Crippen LogP contribution in [-0.4, -0.2) is 11.0 Å². The lowest BCUT2D eigenvalue weighted by atomic mass is 10.1. The molecule has 1 aliphatic rings. The molecule has 0 atom stereocenters. The van der Waals surface area contributed by atoms with Crippen LogP contribution in [0.1, 0.15) is 25.0 Å². The molecule has 2 aromatic rings. The Labute approximate surface area is 111 Å². The van der Waals surface area contributed by atoms with Gasteiger partial charge in [0.2, 0.25) is 0 Å². The molecule has 94 valence electrons. The van der Waals surface area contributed by atoms with Crippen LogP contribution in [0.15, 0.2) is 23.6 Å². The van der Waals surface area contributed by atoms with Gasteiger partial charge in [0.1, 0.15) is 0 Å². The predicted molar refractivity (Wildman–Crippen MR) is 76.9 cm³/mol. The van der Waals surface area contributed by atoms with Crippen molar-refractivity contribution in [3.63, 3.8) is 0 Å². The van der Waals surface area contributed by atoms with E-state index in [1.807, 2.05) is 0 Å². The highest BCUT2D eigenvalue weighted by molar-refractivity contribution is 7.14. The zero-order valence-electron chi connectivity index (χ0n) is 10.7. The minimum Gasteiger partial charge on any atom is -0.359 e. The van der Waals surface area contributed by atoms with E-state index < -0.39 is 0 Å². The van der Waals surface area contributed by atoms with Crippen LogP contribution < -0.4 is 10.6 Å². The summed E-state index contributed by atoms with van der Waals surface area (Å²) in [7, 11) is 0. The van der Waals surface area contributed by atoms with Gasteiger partial charge in [0.05, 0.1) is 5.69 Å². The van der Waals surface area contributed by atoms with E-state index in [9.17, 15) is 0 Å². The molecule has 0 bridgehead atoms. The average molecular weight is 259 g/mol. The van der Waals surface area contributed by atoms with E-state index in [0.717, 1.165) is 23.9 Å². The van der Waals surface area contributed by atoms with Gasteiger partial charge >= 0.3 is 0 Å². The largest absolute Gasteiger partial charge is 0.359 e. The number of benzene rings is 1. The third-order valence-corrected chi connectivity index (χ3v) is 3.82. The van der Waals surface area contributed by atoms with Crippen LogP contribution in [0.3, 0.4) is 0 Å². The second-order valence-corrected chi connectivity index (χ2v) is 5.78. The van der Waals surface area contributed by atoms with Crippen molar-refractivity contribution in [3.8, 4) is 11.3 Å². The summed E-state index contributed by atoms with van der Waals surface area (Å²) >= 11 is 1.67. The van der Waals surface area contributed by atoms with Gasteiger partial charge in [-0.3, -0.25) is 0 Å². The molecule has 1 aliphatic heterocycles. The molecule has 0 radical (unpaired) electrons. The minimum absolute atomic E-state index is 0.424. The first kappa shape index (κ1) is 11.7. The molecular weight excluding hydrogens is 242 g/mol. The zero-order chi connectivity index (χ0) is 12.5. The normalized spacial score (nSPS) is 13.9. The van der Waals surface area contributed by atoms with Crippen LogP contribution in [0.2, 0.25) is 0 Å². The molecule has 4 heteroatoms. The van der Waals surface area contributed by atoms with Gasteiger partial charge < -0.3 is 10.6 Å². The summed E-state index contributed by atoms with van der Waals surface area (Å²) in [6.07, 6.45) is 0. The van der Waals surface area contributed by atoms with Gasteiger partial charge in [-0.05, 0) is 31.0 Å². The quantitative estimate of drug-likeness (QED) is 0.888. The first-order chi connectivity index (χ1) is 8.72. The van der Waals surface area contributed by atoms with Gasteiger partial charge in [0.15, 0.2) is 5.13 Å². The number of hydrogen-bond donors (Lipinski definition) is 2. The van der Waals surface area contributed by atoms with Crippen molar-refractivity contribution in [2.75, 3.05) is 5.32 Å². The highest BCUT2D eigenvalue weighted by Gasteiger charge is 2.12. The van der Waals surface area contributed by atoms with Crippen LogP contribution >= 0.6 is 11.3 Å². The van der Waals surface area contributed by atoms with Crippen LogP contribution in [0.4, 0.5) is 5.13 Å². The summed E-state index contributed by atoms with van der Waals surface area (Å²) in [6, 6.07) is 7.05. The maximum atomic E-state index is 4.63. The minimum atomic E-state index is 0.424. The van der Waals surface area contributed by atoms with Gasteiger partial charge in [-0.15, -0.1) is 11.3 Å². The van der Waals surface area contributed by atoms with E-state index in [1.54, 1.807) is 11.3 Å². The van der Waals surface area contributed by atoms with Crippen LogP contribution in [0.5, 0.6) is 0 Å². The molecule has 0 unspecified atom stereocenters. The molecular formula is C14H17N3S. The van der Waals surface area contributed by atoms with Gasteiger partial charge in [-0.25, -0.2) is 4.98 Å². The molecule has 0 saturated carbocycles. The van der Waals surface area contributed by atoms with Crippen molar-refractivity contribution in [3.05, 3.63) is 34.7 Å². The molecule has 0 saturated heterocycles. The number of anilines is 1. The third kappa shape index (κ3) is 2.26. The van der Waals surface area contributed by atoms with Gasteiger partial charge in [0.25, 0.3) is 0 Å². The third-order valence-electron chi connectivity index (χ3n) is 3.05. The Morgan fingerprint density at radius 1 is 1.28 bits per heavy atom. The van der Waals surface area contributed by atoms with Crippen molar-refractivity contribution in [2.45, 2.75) is 33.0 Å². The maximum Gasteiger partial charge on any atom is 0.183 e. The Hall–Kier alpha value is -1.39. The number of fused-ring (bicyclic) bond motifs is 1. The number of aromatic nitrogens is 1. The molecule has 0 amide bonds. The Morgan fingerprint density at radius 3 is 2.94 bits per heavy atom. The Morgan fingerprint density at radius 2 is 2.11 bits per heavy atom. The SMILES string of the molecule is CC(C)Nc1nc(-c2ccc3c(c2)CNC3)cs1. The van der Waals surface area contributed by atoms with E-state index >= 15 is 0 Å². The lowest BCUT2D eigenvalue weighted by Gasteiger charge is -2.05. The fourth-order valence-electron chi connectivity index (χ4n) is 2.17. The number of nitrogens with one attached hydrogen (secondary N) is 2. The first-order valence-corrected chi connectivity index (χ1v) is 7.15. The second-order valence-electron chi connectivity index (χ2n) is 4.92. The van der Waals surface area contributed by atoms with Crippen molar-refractivity contribution < 1.29 is 0 Å². The molecule has 1 aromatic heterocycles. The summed E-state index contributed by atoms with van der Waals surface area (Å²) in [4.78, 5) is 4.63. The van der Waals surface area contributed by atoms with Crippen molar-refractivity contribution >= 4 is 16.5 Å². The molecule has 0 aliphatic carbocycles. The lowest BCUT2D eigenvalue weighted by molar-refractivity contribution is 0.765. The van der Waals surface area contributed by atoms with E-state index in [4.69, 9.17) is 0 Å². The predicted octanol–water partition coefficient (Wildman–Crippen LogP) is 3.23. The van der Waals surface area contributed by atoms with Crippen LogP contribution in [-0.2, 0) is 13.1 Å². The number of hydrogen-bond acceptors (Lipinski definition) is 4. The molecule has 18 heavy (non-hydrogen) atoms. The molecule has 1 aromatic carbocycles. The van der Waals surface area contributed by atoms with Crippen molar-refractivity contribution in [1.29, 1.82) is 0 Å². The van der Waals surface area contributed by atoms with Gasteiger partial charge in [-0.1, -0.05) is 12.1 Å². The van der Waals surface area contributed by atoms with E-state index in [-0.39, 0.29) is 0 Å². The standard InChI is InChI=1S/C14H17N3S/c1-9(2)16-14-17-13(8-18-14)10-3-4-11-6-15-7-12(11)5-10/h3-5,8-9,15H,6-7H2,1-2H3,(H,16,17). The number of nitrogens with zero attached hydrogens (tertiary/aromatic N) is 1. The highest BCUT2D eigenvalue weighted by atomic mass is 32.1. The summed E-state index contributed by atoms with van der Waals surface area (Å²) in [5.41, 5.74) is 5.09. The lowest BCUT2D eigenvalue weighted by Crippen LogP contribution is -2.08. The smallest absolute Gasteiger partial charge is 0.183 e.